The van der Waals surface area contributed by atoms with Crippen molar-refractivity contribution < 1.29 is 27.8 Å². The highest BCUT2D eigenvalue weighted by atomic mass is 35.5. The summed E-state index contributed by atoms with van der Waals surface area (Å²) in [5.74, 6) is -2.13. The Bertz CT molecular complexity index is 409. The van der Waals surface area contributed by atoms with Crippen molar-refractivity contribution in [2.24, 2.45) is 11.7 Å². The smallest absolute Gasteiger partial charge is 0.481 e. The monoisotopic (exact) mass is 299 g/mol. The molecule has 0 aliphatic carbocycles. The lowest BCUT2D eigenvalue weighted by Gasteiger charge is -2.11. The van der Waals surface area contributed by atoms with Crippen molar-refractivity contribution in [1.82, 2.24) is 0 Å². The van der Waals surface area contributed by atoms with E-state index in [0.29, 0.717) is 5.56 Å². The third kappa shape index (κ3) is 6.30. The molecule has 0 aromatic heterocycles. The summed E-state index contributed by atoms with van der Waals surface area (Å²) >= 11 is 0. The van der Waals surface area contributed by atoms with Crippen molar-refractivity contribution in [3.8, 4) is 5.75 Å². The molecule has 0 aliphatic heterocycles. The highest BCUT2D eigenvalue weighted by molar-refractivity contribution is 5.85. The Hall–Kier alpha value is -1.47. The molecule has 1 aromatic carbocycles. The minimum absolute atomic E-state index is 0. The van der Waals surface area contributed by atoms with Gasteiger partial charge in [-0.25, -0.2) is 0 Å². The van der Waals surface area contributed by atoms with Crippen LogP contribution in [0.3, 0.4) is 0 Å². The molecule has 0 fully saturated rings. The Balaban J connectivity index is 0.00000324. The number of halogens is 4. The van der Waals surface area contributed by atoms with Crippen LogP contribution in [0.25, 0.3) is 0 Å². The molecule has 4 nitrogen and oxygen atoms in total. The predicted octanol–water partition coefficient (Wildman–Crippen LogP) is 2.21. The zero-order valence-electron chi connectivity index (χ0n) is 9.68. The highest BCUT2D eigenvalue weighted by Crippen LogP contribution is 2.23. The van der Waals surface area contributed by atoms with Crippen molar-refractivity contribution in [2.45, 2.75) is 12.8 Å². The van der Waals surface area contributed by atoms with Crippen LogP contribution in [0.4, 0.5) is 13.2 Å². The third-order valence-electron chi connectivity index (χ3n) is 2.27. The summed E-state index contributed by atoms with van der Waals surface area (Å²) in [5.41, 5.74) is 5.87. The second-order valence-electron chi connectivity index (χ2n) is 3.67. The van der Waals surface area contributed by atoms with Gasteiger partial charge in [-0.1, -0.05) is 12.1 Å². The Labute approximate surface area is 113 Å². The Morgan fingerprint density at radius 1 is 1.32 bits per heavy atom. The number of rotatable bonds is 5. The van der Waals surface area contributed by atoms with Crippen LogP contribution in [0.2, 0.25) is 0 Å². The number of alkyl halides is 3. The van der Waals surface area contributed by atoms with Gasteiger partial charge in [-0.15, -0.1) is 25.6 Å². The lowest BCUT2D eigenvalue weighted by Crippen LogP contribution is -2.25. The maximum Gasteiger partial charge on any atom is 0.573 e. The van der Waals surface area contributed by atoms with Gasteiger partial charge < -0.3 is 15.6 Å². The maximum absolute atomic E-state index is 11.9. The molecular formula is C11H13ClF3NO3. The number of carboxylic acid groups (broad SMARTS) is 1. The second kappa shape index (κ2) is 7.20. The van der Waals surface area contributed by atoms with Gasteiger partial charge in [-0.2, -0.15) is 0 Å². The third-order valence-corrected chi connectivity index (χ3v) is 2.27. The summed E-state index contributed by atoms with van der Waals surface area (Å²) in [4.78, 5) is 10.7. The first-order chi connectivity index (χ1) is 8.31. The standard InChI is InChI=1S/C11H12F3NO3.ClH/c12-11(13,14)18-9-3-1-7(2-4-9)5-8(6-15)10(16)17;/h1-4,8H,5-6,15H2,(H,16,17);1H/t8-;/m0./s1. The van der Waals surface area contributed by atoms with Gasteiger partial charge in [0.05, 0.1) is 5.92 Å². The van der Waals surface area contributed by atoms with E-state index >= 15 is 0 Å². The summed E-state index contributed by atoms with van der Waals surface area (Å²) in [5, 5.41) is 8.79. The van der Waals surface area contributed by atoms with Crippen molar-refractivity contribution >= 4 is 18.4 Å². The zero-order chi connectivity index (χ0) is 13.8. The van der Waals surface area contributed by atoms with Crippen LogP contribution in [0, 0.1) is 5.92 Å². The number of aliphatic carboxylic acids is 1. The van der Waals surface area contributed by atoms with E-state index in [0.717, 1.165) is 12.1 Å². The van der Waals surface area contributed by atoms with Gasteiger partial charge in [0.1, 0.15) is 5.75 Å². The molecule has 19 heavy (non-hydrogen) atoms. The molecule has 1 aromatic rings. The van der Waals surface area contributed by atoms with Crippen LogP contribution in [0.5, 0.6) is 5.75 Å². The molecule has 0 unspecified atom stereocenters. The van der Waals surface area contributed by atoms with Gasteiger partial charge in [0.2, 0.25) is 0 Å². The van der Waals surface area contributed by atoms with Crippen molar-refractivity contribution in [3.05, 3.63) is 29.8 Å². The topological polar surface area (TPSA) is 72.5 Å². The summed E-state index contributed by atoms with van der Waals surface area (Å²) in [6, 6.07) is 5.04. The molecule has 1 rings (SSSR count). The number of carbonyl (C=O) groups is 1. The predicted molar refractivity (Wildman–Crippen MR) is 64.3 cm³/mol. The summed E-state index contributed by atoms with van der Waals surface area (Å²) in [6.07, 6.45) is -4.57. The second-order valence-corrected chi connectivity index (χ2v) is 3.67. The molecule has 0 aliphatic rings. The molecule has 0 saturated heterocycles. The highest BCUT2D eigenvalue weighted by Gasteiger charge is 2.31. The van der Waals surface area contributed by atoms with Crippen LogP contribution >= 0.6 is 12.4 Å². The van der Waals surface area contributed by atoms with E-state index in [1.807, 2.05) is 0 Å². The molecular weight excluding hydrogens is 287 g/mol. The lowest BCUT2D eigenvalue weighted by atomic mass is 10.00. The maximum atomic E-state index is 11.9. The van der Waals surface area contributed by atoms with E-state index in [-0.39, 0.29) is 31.1 Å². The Morgan fingerprint density at radius 3 is 2.21 bits per heavy atom. The van der Waals surface area contributed by atoms with Gasteiger partial charge in [-0.3, -0.25) is 4.79 Å². The van der Waals surface area contributed by atoms with Crippen LogP contribution < -0.4 is 10.5 Å². The molecule has 3 N–H and O–H groups in total. The van der Waals surface area contributed by atoms with Gasteiger partial charge in [0, 0.05) is 6.54 Å². The fraction of sp³-hybridized carbons (Fsp3) is 0.364. The van der Waals surface area contributed by atoms with E-state index < -0.39 is 18.2 Å². The van der Waals surface area contributed by atoms with Gasteiger partial charge in [0.25, 0.3) is 0 Å². The molecule has 1 atom stereocenters. The van der Waals surface area contributed by atoms with Gasteiger partial charge in [0.15, 0.2) is 0 Å². The molecule has 8 heteroatoms. The molecule has 108 valence electrons. The Morgan fingerprint density at radius 2 is 1.84 bits per heavy atom. The van der Waals surface area contributed by atoms with Crippen molar-refractivity contribution in [3.63, 3.8) is 0 Å². The minimum Gasteiger partial charge on any atom is -0.481 e. The number of hydrogen-bond acceptors (Lipinski definition) is 3. The van der Waals surface area contributed by atoms with Crippen molar-refractivity contribution in [2.75, 3.05) is 6.54 Å². The van der Waals surface area contributed by atoms with Gasteiger partial charge in [-0.05, 0) is 24.1 Å². The largest absolute Gasteiger partial charge is 0.573 e. The van der Waals surface area contributed by atoms with E-state index in [9.17, 15) is 18.0 Å². The minimum atomic E-state index is -4.73. The normalized spacial score (nSPS) is 12.4. The lowest BCUT2D eigenvalue weighted by molar-refractivity contribution is -0.274. The van der Waals surface area contributed by atoms with Crippen LogP contribution in [0.1, 0.15) is 5.56 Å². The van der Waals surface area contributed by atoms with Crippen LogP contribution in [0.15, 0.2) is 24.3 Å². The quantitative estimate of drug-likeness (QED) is 0.874. The average molecular weight is 300 g/mol. The average Bonchev–Trinajstić information content (AvgIpc) is 2.25. The van der Waals surface area contributed by atoms with Crippen LogP contribution in [-0.4, -0.2) is 24.0 Å². The first-order valence-electron chi connectivity index (χ1n) is 5.09. The van der Waals surface area contributed by atoms with E-state index in [1.165, 1.54) is 12.1 Å². The molecule has 0 saturated carbocycles. The number of benzene rings is 1. The first-order valence-corrected chi connectivity index (χ1v) is 5.09. The molecule has 0 spiro atoms. The van der Waals surface area contributed by atoms with E-state index in [1.54, 1.807) is 0 Å². The summed E-state index contributed by atoms with van der Waals surface area (Å²) in [6.45, 7) is -0.0316. The fourth-order valence-electron chi connectivity index (χ4n) is 1.38. The molecule has 0 bridgehead atoms. The Kier molecular flexibility index (Phi) is 6.64. The summed E-state index contributed by atoms with van der Waals surface area (Å²) < 4.78 is 39.4. The number of nitrogens with two attached hydrogens (primary N) is 1. The van der Waals surface area contributed by atoms with Crippen molar-refractivity contribution in [1.29, 1.82) is 0 Å². The first kappa shape index (κ1) is 17.5. The van der Waals surface area contributed by atoms with Crippen LogP contribution in [-0.2, 0) is 11.2 Å². The molecule has 0 heterocycles. The number of hydrogen-bond donors (Lipinski definition) is 2. The molecule has 0 amide bonds. The summed E-state index contributed by atoms with van der Waals surface area (Å²) in [7, 11) is 0. The van der Waals surface area contributed by atoms with E-state index in [2.05, 4.69) is 4.74 Å². The zero-order valence-corrected chi connectivity index (χ0v) is 10.5. The number of carboxylic acids is 1. The number of ether oxygens (including phenoxy) is 1. The molecule has 0 radical (unpaired) electrons. The fourth-order valence-corrected chi connectivity index (χ4v) is 1.38. The van der Waals surface area contributed by atoms with Gasteiger partial charge >= 0.3 is 12.3 Å². The SMILES string of the molecule is Cl.NC[C@H](Cc1ccc(OC(F)(F)F)cc1)C(=O)O. The van der Waals surface area contributed by atoms with E-state index in [4.69, 9.17) is 10.8 Å².